The standard InChI is InChI=1S/C17H18ClFN2O2S/c18-15-5-2-4-14(10-15)17-11-20-7-8-21(17)24(22,23)12-13-3-1-6-16(19)9-13/h1-6,9-10,17,20H,7-8,11-12H2. The van der Waals surface area contributed by atoms with Crippen molar-refractivity contribution in [1.29, 1.82) is 0 Å². The summed E-state index contributed by atoms with van der Waals surface area (Å²) in [6.07, 6.45) is 0. The minimum absolute atomic E-state index is 0.220. The second-order valence-electron chi connectivity index (χ2n) is 5.77. The lowest BCUT2D eigenvalue weighted by Crippen LogP contribution is -2.48. The van der Waals surface area contributed by atoms with Gasteiger partial charge in [0.25, 0.3) is 0 Å². The molecule has 4 nitrogen and oxygen atoms in total. The smallest absolute Gasteiger partial charge is 0.218 e. The Morgan fingerprint density at radius 1 is 1.21 bits per heavy atom. The molecule has 0 radical (unpaired) electrons. The Morgan fingerprint density at radius 2 is 2.00 bits per heavy atom. The summed E-state index contributed by atoms with van der Waals surface area (Å²) in [6.45, 7) is 1.47. The van der Waals surface area contributed by atoms with Crippen LogP contribution in [-0.4, -0.2) is 32.4 Å². The minimum Gasteiger partial charge on any atom is -0.313 e. The van der Waals surface area contributed by atoms with Crippen LogP contribution in [-0.2, 0) is 15.8 Å². The number of halogens is 2. The highest BCUT2D eigenvalue weighted by atomic mass is 35.5. The summed E-state index contributed by atoms with van der Waals surface area (Å²) >= 11 is 6.04. The van der Waals surface area contributed by atoms with Crippen LogP contribution in [0.1, 0.15) is 17.2 Å². The van der Waals surface area contributed by atoms with Crippen LogP contribution in [0.2, 0.25) is 5.02 Å². The highest BCUT2D eigenvalue weighted by Gasteiger charge is 2.33. The number of nitrogens with one attached hydrogen (secondary N) is 1. The summed E-state index contributed by atoms with van der Waals surface area (Å²) in [5.41, 5.74) is 1.29. The van der Waals surface area contributed by atoms with Crippen molar-refractivity contribution in [3.63, 3.8) is 0 Å². The van der Waals surface area contributed by atoms with Crippen LogP contribution in [0.25, 0.3) is 0 Å². The fourth-order valence-corrected chi connectivity index (χ4v) is 4.86. The minimum atomic E-state index is -3.58. The van der Waals surface area contributed by atoms with E-state index in [4.69, 9.17) is 11.6 Å². The maximum atomic E-state index is 13.3. The molecule has 1 saturated heterocycles. The van der Waals surface area contributed by atoms with Gasteiger partial charge in [-0.1, -0.05) is 35.9 Å². The van der Waals surface area contributed by atoms with E-state index in [1.807, 2.05) is 12.1 Å². The molecule has 0 aliphatic carbocycles. The van der Waals surface area contributed by atoms with Crippen LogP contribution in [0, 0.1) is 5.82 Å². The first-order chi connectivity index (χ1) is 11.5. The topological polar surface area (TPSA) is 49.4 Å². The molecule has 1 aliphatic heterocycles. The van der Waals surface area contributed by atoms with Crippen LogP contribution in [0.4, 0.5) is 4.39 Å². The molecule has 1 heterocycles. The van der Waals surface area contributed by atoms with Crippen molar-refractivity contribution in [1.82, 2.24) is 9.62 Å². The van der Waals surface area contributed by atoms with Crippen LogP contribution < -0.4 is 5.32 Å². The molecule has 1 aliphatic rings. The van der Waals surface area contributed by atoms with Crippen molar-refractivity contribution in [2.24, 2.45) is 0 Å². The Hall–Kier alpha value is -1.47. The third kappa shape index (κ3) is 3.95. The average Bonchev–Trinajstić information content (AvgIpc) is 2.54. The zero-order valence-corrected chi connectivity index (χ0v) is 14.5. The van der Waals surface area contributed by atoms with Gasteiger partial charge >= 0.3 is 0 Å². The molecule has 0 bridgehead atoms. The molecule has 1 N–H and O–H groups in total. The first-order valence-electron chi connectivity index (χ1n) is 7.66. The number of benzene rings is 2. The van der Waals surface area contributed by atoms with Crippen molar-refractivity contribution < 1.29 is 12.8 Å². The predicted molar refractivity (Wildman–Crippen MR) is 92.8 cm³/mol. The summed E-state index contributed by atoms with van der Waals surface area (Å²) in [4.78, 5) is 0. The summed E-state index contributed by atoms with van der Waals surface area (Å²) in [5.74, 6) is -0.656. The van der Waals surface area contributed by atoms with Crippen molar-refractivity contribution in [3.8, 4) is 0 Å². The molecule has 2 aromatic rings. The summed E-state index contributed by atoms with van der Waals surface area (Å²) in [6, 6.07) is 12.6. The van der Waals surface area contributed by atoms with E-state index < -0.39 is 15.8 Å². The quantitative estimate of drug-likeness (QED) is 0.902. The normalized spacial score (nSPS) is 19.3. The molecule has 0 aromatic heterocycles. The molecule has 2 aromatic carbocycles. The van der Waals surface area contributed by atoms with Gasteiger partial charge in [-0.2, -0.15) is 4.31 Å². The summed E-state index contributed by atoms with van der Waals surface area (Å²) in [5, 5.41) is 3.79. The summed E-state index contributed by atoms with van der Waals surface area (Å²) in [7, 11) is -3.58. The zero-order chi connectivity index (χ0) is 17.2. The van der Waals surface area contributed by atoms with Gasteiger partial charge in [-0.15, -0.1) is 0 Å². The Bertz CT molecular complexity index is 829. The van der Waals surface area contributed by atoms with Gasteiger partial charge in [0.15, 0.2) is 0 Å². The van der Waals surface area contributed by atoms with E-state index in [0.29, 0.717) is 30.2 Å². The predicted octanol–water partition coefficient (Wildman–Crippen LogP) is 2.96. The van der Waals surface area contributed by atoms with Gasteiger partial charge < -0.3 is 5.32 Å². The van der Waals surface area contributed by atoms with Crippen LogP contribution in [0.3, 0.4) is 0 Å². The van der Waals surface area contributed by atoms with Gasteiger partial charge in [0.05, 0.1) is 11.8 Å². The van der Waals surface area contributed by atoms with Crippen LogP contribution in [0.5, 0.6) is 0 Å². The van der Waals surface area contributed by atoms with Crippen molar-refractivity contribution in [2.75, 3.05) is 19.6 Å². The third-order valence-electron chi connectivity index (χ3n) is 4.02. The average molecular weight is 369 g/mol. The number of piperazine rings is 1. The molecule has 24 heavy (non-hydrogen) atoms. The summed E-state index contributed by atoms with van der Waals surface area (Å²) < 4.78 is 40.6. The molecule has 7 heteroatoms. The zero-order valence-electron chi connectivity index (χ0n) is 13.0. The highest BCUT2D eigenvalue weighted by molar-refractivity contribution is 7.88. The van der Waals surface area contributed by atoms with Gasteiger partial charge in [0.1, 0.15) is 5.82 Å². The Balaban J connectivity index is 1.89. The van der Waals surface area contributed by atoms with Gasteiger partial charge in [-0.05, 0) is 35.4 Å². The molecule has 0 amide bonds. The highest BCUT2D eigenvalue weighted by Crippen LogP contribution is 2.28. The van der Waals surface area contributed by atoms with E-state index in [0.717, 1.165) is 5.56 Å². The SMILES string of the molecule is O=S(=O)(Cc1cccc(F)c1)N1CCNCC1c1cccc(Cl)c1. The molecule has 1 atom stereocenters. The Labute approximate surface area is 146 Å². The number of hydrogen-bond acceptors (Lipinski definition) is 3. The Morgan fingerprint density at radius 3 is 2.75 bits per heavy atom. The maximum absolute atomic E-state index is 13.3. The first-order valence-corrected chi connectivity index (χ1v) is 9.64. The van der Waals surface area contributed by atoms with Crippen molar-refractivity contribution >= 4 is 21.6 Å². The molecule has 3 rings (SSSR count). The van der Waals surface area contributed by atoms with Gasteiger partial charge in [-0.25, -0.2) is 12.8 Å². The lowest BCUT2D eigenvalue weighted by atomic mass is 10.1. The fourth-order valence-electron chi connectivity index (χ4n) is 2.94. The third-order valence-corrected chi connectivity index (χ3v) is 6.11. The molecule has 0 spiro atoms. The van der Waals surface area contributed by atoms with Gasteiger partial charge in [0, 0.05) is 24.7 Å². The molecule has 0 saturated carbocycles. The largest absolute Gasteiger partial charge is 0.313 e. The van der Waals surface area contributed by atoms with E-state index in [1.165, 1.54) is 22.5 Å². The van der Waals surface area contributed by atoms with Crippen molar-refractivity contribution in [2.45, 2.75) is 11.8 Å². The number of hydrogen-bond donors (Lipinski definition) is 1. The second-order valence-corrected chi connectivity index (χ2v) is 8.13. The van der Waals surface area contributed by atoms with E-state index in [9.17, 15) is 12.8 Å². The maximum Gasteiger partial charge on any atom is 0.218 e. The fraction of sp³-hybridized carbons (Fsp3) is 0.294. The van der Waals surface area contributed by atoms with Gasteiger partial charge in [-0.3, -0.25) is 0 Å². The van der Waals surface area contributed by atoms with E-state index in [2.05, 4.69) is 5.32 Å². The number of rotatable bonds is 4. The van der Waals surface area contributed by atoms with Crippen molar-refractivity contribution in [3.05, 3.63) is 70.5 Å². The second kappa shape index (κ2) is 7.19. The van der Waals surface area contributed by atoms with E-state index in [-0.39, 0.29) is 11.8 Å². The van der Waals surface area contributed by atoms with Gasteiger partial charge in [0.2, 0.25) is 10.0 Å². The Kier molecular flexibility index (Phi) is 5.20. The molecule has 1 fully saturated rings. The molecular weight excluding hydrogens is 351 g/mol. The number of sulfonamides is 1. The monoisotopic (exact) mass is 368 g/mol. The lowest BCUT2D eigenvalue weighted by Gasteiger charge is -2.35. The lowest BCUT2D eigenvalue weighted by molar-refractivity contribution is 0.271. The molecule has 128 valence electrons. The molecular formula is C17H18ClFN2O2S. The first kappa shape index (κ1) is 17.4. The number of nitrogens with zero attached hydrogens (tertiary/aromatic N) is 1. The molecule has 1 unspecified atom stereocenters. The van der Waals surface area contributed by atoms with Crippen LogP contribution >= 0.6 is 11.6 Å². The van der Waals surface area contributed by atoms with Crippen LogP contribution in [0.15, 0.2) is 48.5 Å². The van der Waals surface area contributed by atoms with E-state index >= 15 is 0 Å². The van der Waals surface area contributed by atoms with E-state index in [1.54, 1.807) is 18.2 Å².